The van der Waals surface area contributed by atoms with Gasteiger partial charge in [0, 0.05) is 17.9 Å². The third-order valence-corrected chi connectivity index (χ3v) is 4.39. The number of ether oxygens (including phenoxy) is 1. The van der Waals surface area contributed by atoms with Crippen molar-refractivity contribution in [1.82, 2.24) is 5.32 Å². The molecule has 2 aromatic carbocycles. The van der Waals surface area contributed by atoms with E-state index in [0.717, 1.165) is 31.6 Å². The normalized spacial score (nSPS) is 17.0. The van der Waals surface area contributed by atoms with Crippen LogP contribution in [0.1, 0.15) is 35.7 Å². The van der Waals surface area contributed by atoms with Crippen LogP contribution in [0.4, 0.5) is 10.1 Å². The maximum absolute atomic E-state index is 13.4. The number of carbonyl (C=O) groups excluding carboxylic acids is 1. The molecule has 6 heteroatoms. The highest BCUT2D eigenvalue weighted by atomic mass is 19.1. The van der Waals surface area contributed by atoms with E-state index < -0.39 is 11.7 Å². The molecule has 0 aromatic heterocycles. The van der Waals surface area contributed by atoms with Gasteiger partial charge in [-0.2, -0.15) is 0 Å². The van der Waals surface area contributed by atoms with Gasteiger partial charge in [-0.15, -0.1) is 0 Å². The minimum Gasteiger partial charge on any atom is -0.376 e. The summed E-state index contributed by atoms with van der Waals surface area (Å²) in [6.07, 6.45) is 2.96. The quantitative estimate of drug-likeness (QED) is 0.623. The van der Waals surface area contributed by atoms with E-state index in [2.05, 4.69) is 22.5 Å². The molecule has 0 spiro atoms. The average molecular weight is 369 g/mol. The van der Waals surface area contributed by atoms with Gasteiger partial charge >= 0.3 is 0 Å². The van der Waals surface area contributed by atoms with Gasteiger partial charge in [0.05, 0.1) is 12.6 Å². The van der Waals surface area contributed by atoms with E-state index in [9.17, 15) is 9.18 Å². The lowest BCUT2D eigenvalue weighted by molar-refractivity contribution is 0.0975. The van der Waals surface area contributed by atoms with Crippen LogP contribution < -0.4 is 10.6 Å². The molecule has 3 rings (SSSR count). The predicted octanol–water partition coefficient (Wildman–Crippen LogP) is 3.77. The molecule has 0 bridgehead atoms. The molecule has 142 valence electrons. The van der Waals surface area contributed by atoms with Gasteiger partial charge < -0.3 is 10.1 Å². The molecule has 2 N–H and O–H groups in total. The summed E-state index contributed by atoms with van der Waals surface area (Å²) in [6, 6.07) is 13.5. The van der Waals surface area contributed by atoms with Crippen molar-refractivity contribution in [3.63, 3.8) is 0 Å². The summed E-state index contributed by atoms with van der Waals surface area (Å²) < 4.78 is 19.0. The molecule has 1 amide bonds. The molecule has 1 unspecified atom stereocenters. The minimum atomic E-state index is -0.455. The Kier molecular flexibility index (Phi) is 6.54. The van der Waals surface area contributed by atoms with Gasteiger partial charge in [0.2, 0.25) is 5.96 Å². The maximum atomic E-state index is 13.4. The molecular weight excluding hydrogens is 345 g/mol. The van der Waals surface area contributed by atoms with Crippen molar-refractivity contribution in [3.05, 3.63) is 65.5 Å². The molecule has 1 aliphatic heterocycles. The van der Waals surface area contributed by atoms with Gasteiger partial charge in [-0.25, -0.2) is 9.38 Å². The predicted molar refractivity (Wildman–Crippen MR) is 105 cm³/mol. The summed E-state index contributed by atoms with van der Waals surface area (Å²) >= 11 is 0. The minimum absolute atomic E-state index is 0.0647. The van der Waals surface area contributed by atoms with Crippen molar-refractivity contribution in [2.45, 2.75) is 32.3 Å². The molecule has 1 saturated heterocycles. The van der Waals surface area contributed by atoms with Crippen LogP contribution in [0.3, 0.4) is 0 Å². The highest BCUT2D eigenvalue weighted by Crippen LogP contribution is 2.14. The maximum Gasteiger partial charge on any atom is 0.258 e. The van der Waals surface area contributed by atoms with E-state index in [0.29, 0.717) is 12.5 Å². The molecule has 27 heavy (non-hydrogen) atoms. The van der Waals surface area contributed by atoms with Crippen molar-refractivity contribution >= 4 is 17.6 Å². The van der Waals surface area contributed by atoms with Crippen molar-refractivity contribution in [2.24, 2.45) is 4.99 Å². The van der Waals surface area contributed by atoms with Crippen LogP contribution in [0.25, 0.3) is 0 Å². The second-order valence-electron chi connectivity index (χ2n) is 6.47. The van der Waals surface area contributed by atoms with E-state index in [-0.39, 0.29) is 11.7 Å². The first-order valence-corrected chi connectivity index (χ1v) is 9.23. The van der Waals surface area contributed by atoms with E-state index >= 15 is 0 Å². The number of nitrogens with one attached hydrogen (secondary N) is 2. The first-order valence-electron chi connectivity index (χ1n) is 9.23. The number of nitrogens with zero attached hydrogens (tertiary/aromatic N) is 1. The molecule has 0 aliphatic carbocycles. The smallest absolute Gasteiger partial charge is 0.258 e. The van der Waals surface area contributed by atoms with Crippen LogP contribution in [-0.2, 0) is 11.2 Å². The number of aryl methyl sites for hydroxylation is 1. The summed E-state index contributed by atoms with van der Waals surface area (Å²) in [6.45, 7) is 3.29. The Morgan fingerprint density at radius 3 is 2.85 bits per heavy atom. The van der Waals surface area contributed by atoms with Gasteiger partial charge in [0.1, 0.15) is 5.82 Å². The van der Waals surface area contributed by atoms with Gasteiger partial charge in [-0.1, -0.05) is 25.1 Å². The zero-order chi connectivity index (χ0) is 19.1. The number of rotatable bonds is 5. The average Bonchev–Trinajstić information content (AvgIpc) is 3.20. The summed E-state index contributed by atoms with van der Waals surface area (Å²) in [4.78, 5) is 17.0. The van der Waals surface area contributed by atoms with Gasteiger partial charge in [0.15, 0.2) is 0 Å². The fraction of sp³-hybridized carbons (Fsp3) is 0.333. The van der Waals surface area contributed by atoms with Crippen LogP contribution in [0.2, 0.25) is 0 Å². The van der Waals surface area contributed by atoms with Crippen molar-refractivity contribution < 1.29 is 13.9 Å². The topological polar surface area (TPSA) is 62.7 Å². The molecule has 0 radical (unpaired) electrons. The van der Waals surface area contributed by atoms with Crippen molar-refractivity contribution in [2.75, 3.05) is 18.5 Å². The van der Waals surface area contributed by atoms with E-state index in [1.54, 1.807) is 6.07 Å². The van der Waals surface area contributed by atoms with E-state index in [1.165, 1.54) is 23.8 Å². The van der Waals surface area contributed by atoms with Crippen molar-refractivity contribution in [3.8, 4) is 0 Å². The van der Waals surface area contributed by atoms with Crippen molar-refractivity contribution in [1.29, 1.82) is 0 Å². The molecule has 0 saturated carbocycles. The number of anilines is 1. The van der Waals surface area contributed by atoms with Crippen LogP contribution >= 0.6 is 0 Å². The highest BCUT2D eigenvalue weighted by Gasteiger charge is 2.16. The first kappa shape index (κ1) is 19.0. The van der Waals surface area contributed by atoms with Crippen LogP contribution in [-0.4, -0.2) is 31.1 Å². The summed E-state index contributed by atoms with van der Waals surface area (Å²) in [5, 5.41) is 5.91. The standard InChI is InChI=1S/C21H24FN3O2/c1-2-15-6-3-9-18(12-15)24-21(23-14-19-10-5-11-27-19)25-20(26)16-7-4-8-17(22)13-16/h3-4,6-9,12-13,19H,2,5,10-11,14H2,1H3,(H2,23,24,25,26). The van der Waals surface area contributed by atoms with E-state index in [4.69, 9.17) is 4.74 Å². The zero-order valence-electron chi connectivity index (χ0n) is 15.4. The number of halogens is 1. The second kappa shape index (κ2) is 9.28. The molecule has 1 fully saturated rings. The van der Waals surface area contributed by atoms with Crippen LogP contribution in [0, 0.1) is 5.82 Å². The molecule has 1 heterocycles. The fourth-order valence-corrected chi connectivity index (χ4v) is 2.91. The molecular formula is C21H24FN3O2. The monoisotopic (exact) mass is 369 g/mol. The lowest BCUT2D eigenvalue weighted by atomic mass is 10.1. The molecule has 1 aliphatic rings. The number of hydrogen-bond acceptors (Lipinski definition) is 3. The Labute approximate surface area is 158 Å². The zero-order valence-corrected chi connectivity index (χ0v) is 15.4. The fourth-order valence-electron chi connectivity index (χ4n) is 2.91. The third-order valence-electron chi connectivity index (χ3n) is 4.39. The Bertz CT molecular complexity index is 817. The number of carbonyl (C=O) groups is 1. The van der Waals surface area contributed by atoms with Gasteiger partial charge in [-0.3, -0.25) is 10.1 Å². The summed E-state index contributed by atoms with van der Waals surface area (Å²) in [5.74, 6) is -0.545. The lowest BCUT2D eigenvalue weighted by Crippen LogP contribution is -2.36. The number of aliphatic imine (C=N–C) groups is 1. The lowest BCUT2D eigenvalue weighted by Gasteiger charge is -2.14. The number of hydrogen-bond donors (Lipinski definition) is 2. The third kappa shape index (κ3) is 5.62. The van der Waals surface area contributed by atoms with E-state index in [1.807, 2.05) is 24.3 Å². The highest BCUT2D eigenvalue weighted by molar-refractivity contribution is 6.09. The molecule has 5 nitrogen and oxygen atoms in total. The molecule has 2 aromatic rings. The van der Waals surface area contributed by atoms with Crippen LogP contribution in [0.5, 0.6) is 0 Å². The summed E-state index contributed by atoms with van der Waals surface area (Å²) in [7, 11) is 0. The largest absolute Gasteiger partial charge is 0.376 e. The van der Waals surface area contributed by atoms with Gasteiger partial charge in [0.25, 0.3) is 5.91 Å². The first-order chi connectivity index (χ1) is 13.1. The Morgan fingerprint density at radius 1 is 1.26 bits per heavy atom. The number of amides is 1. The second-order valence-corrected chi connectivity index (χ2v) is 6.47. The number of guanidine groups is 1. The van der Waals surface area contributed by atoms with Gasteiger partial charge in [-0.05, 0) is 55.2 Å². The Morgan fingerprint density at radius 2 is 2.11 bits per heavy atom. The molecule has 1 atom stereocenters. The SMILES string of the molecule is CCc1cccc(NC(=NCC2CCCO2)NC(=O)c2cccc(F)c2)c1. The Hall–Kier alpha value is -2.73. The number of benzene rings is 2. The van der Waals surface area contributed by atoms with Crippen LogP contribution in [0.15, 0.2) is 53.5 Å². The summed E-state index contributed by atoms with van der Waals surface area (Å²) in [5.41, 5.74) is 2.25. The Balaban J connectivity index is 1.75.